The first-order chi connectivity index (χ1) is 13.8. The molecule has 0 aromatic heterocycles. The lowest BCUT2D eigenvalue weighted by Gasteiger charge is -2.24. The molecule has 4 rings (SSSR count). The standard InChI is InChI=1S/C20H19ClN2O4S2/c1-13-3-2-4-15(9-13)23-17-11-29(25,26)12-18(17)28-20(23)22-19(24)10-27-16-7-5-14(21)6-8-16/h2-9,17-18H,10-12H2,1H3/t17-,18+/m1/s1. The zero-order valence-electron chi connectivity index (χ0n) is 15.6. The highest BCUT2D eigenvalue weighted by atomic mass is 35.5. The number of halogens is 1. The quantitative estimate of drug-likeness (QED) is 0.711. The third-order valence-corrected chi connectivity index (χ3v) is 8.20. The number of benzene rings is 2. The van der Waals surface area contributed by atoms with Crippen molar-refractivity contribution in [2.75, 3.05) is 23.0 Å². The van der Waals surface area contributed by atoms with E-state index in [-0.39, 0.29) is 29.4 Å². The van der Waals surface area contributed by atoms with E-state index in [0.717, 1.165) is 11.3 Å². The Kier molecular flexibility index (Phi) is 5.59. The summed E-state index contributed by atoms with van der Waals surface area (Å²) in [5.41, 5.74) is 1.89. The van der Waals surface area contributed by atoms with Crippen LogP contribution in [0, 0.1) is 6.92 Å². The highest BCUT2D eigenvalue weighted by molar-refractivity contribution is 8.16. The monoisotopic (exact) mass is 450 g/mol. The lowest BCUT2D eigenvalue weighted by atomic mass is 10.1. The summed E-state index contributed by atoms with van der Waals surface area (Å²) in [6.07, 6.45) is 0. The van der Waals surface area contributed by atoms with Gasteiger partial charge in [0, 0.05) is 16.0 Å². The van der Waals surface area contributed by atoms with Gasteiger partial charge in [-0.1, -0.05) is 35.5 Å². The number of hydrogen-bond donors (Lipinski definition) is 0. The molecule has 2 aliphatic heterocycles. The number of aliphatic imine (C=N–C) groups is 1. The summed E-state index contributed by atoms with van der Waals surface area (Å²) < 4.78 is 29.7. The second-order valence-electron chi connectivity index (χ2n) is 7.04. The van der Waals surface area contributed by atoms with Gasteiger partial charge in [-0.15, -0.1) is 0 Å². The predicted octanol–water partition coefficient (Wildman–Crippen LogP) is 3.33. The Morgan fingerprint density at radius 3 is 2.72 bits per heavy atom. The van der Waals surface area contributed by atoms with Crippen LogP contribution in [0.25, 0.3) is 0 Å². The van der Waals surface area contributed by atoms with Crippen LogP contribution in [0.15, 0.2) is 53.5 Å². The maximum absolute atomic E-state index is 12.4. The van der Waals surface area contributed by atoms with Crippen molar-refractivity contribution in [3.8, 4) is 5.75 Å². The second-order valence-corrected chi connectivity index (χ2v) is 10.8. The fourth-order valence-corrected chi connectivity index (χ4v) is 7.52. The highest BCUT2D eigenvalue weighted by Gasteiger charge is 2.49. The van der Waals surface area contributed by atoms with Crippen molar-refractivity contribution in [2.45, 2.75) is 18.2 Å². The van der Waals surface area contributed by atoms with E-state index in [2.05, 4.69) is 4.99 Å². The van der Waals surface area contributed by atoms with Crippen LogP contribution in [-0.2, 0) is 14.6 Å². The number of thioether (sulfide) groups is 1. The van der Waals surface area contributed by atoms with Gasteiger partial charge in [-0.3, -0.25) is 4.79 Å². The summed E-state index contributed by atoms with van der Waals surface area (Å²) in [4.78, 5) is 18.6. The lowest BCUT2D eigenvalue weighted by Crippen LogP contribution is -2.37. The molecule has 2 saturated heterocycles. The van der Waals surface area contributed by atoms with E-state index < -0.39 is 15.7 Å². The Balaban J connectivity index is 1.56. The number of amides is 1. The van der Waals surface area contributed by atoms with Crippen LogP contribution in [0.3, 0.4) is 0 Å². The summed E-state index contributed by atoms with van der Waals surface area (Å²) in [5.74, 6) is 0.259. The van der Waals surface area contributed by atoms with Crippen molar-refractivity contribution in [3.05, 3.63) is 59.1 Å². The number of carbonyl (C=O) groups excluding carboxylic acids is 1. The van der Waals surface area contributed by atoms with Gasteiger partial charge in [0.1, 0.15) is 5.75 Å². The number of aryl methyl sites for hydroxylation is 1. The van der Waals surface area contributed by atoms with Crippen molar-refractivity contribution in [2.24, 2.45) is 4.99 Å². The van der Waals surface area contributed by atoms with Gasteiger partial charge in [-0.25, -0.2) is 8.42 Å². The van der Waals surface area contributed by atoms with Crippen LogP contribution in [0.5, 0.6) is 5.75 Å². The van der Waals surface area contributed by atoms with Crippen molar-refractivity contribution in [3.63, 3.8) is 0 Å². The fourth-order valence-electron chi connectivity index (χ4n) is 3.46. The molecule has 2 heterocycles. The van der Waals surface area contributed by atoms with Crippen LogP contribution < -0.4 is 9.64 Å². The average molecular weight is 451 g/mol. The number of carbonyl (C=O) groups is 1. The molecule has 0 saturated carbocycles. The molecule has 29 heavy (non-hydrogen) atoms. The van der Waals surface area contributed by atoms with E-state index in [4.69, 9.17) is 16.3 Å². The number of anilines is 1. The highest BCUT2D eigenvalue weighted by Crippen LogP contribution is 2.41. The Bertz CT molecular complexity index is 1070. The largest absolute Gasteiger partial charge is 0.484 e. The van der Waals surface area contributed by atoms with Gasteiger partial charge < -0.3 is 9.64 Å². The summed E-state index contributed by atoms with van der Waals surface area (Å²) in [6, 6.07) is 14.3. The number of nitrogens with zero attached hydrogens (tertiary/aromatic N) is 2. The van der Waals surface area contributed by atoms with Gasteiger partial charge in [-0.05, 0) is 48.9 Å². The SMILES string of the molecule is Cc1cccc(N2C(=NC(=O)COc3ccc(Cl)cc3)S[C@H]3CS(=O)(=O)C[C@H]32)c1. The minimum absolute atomic E-state index is 0.0626. The molecule has 0 aliphatic carbocycles. The summed E-state index contributed by atoms with van der Waals surface area (Å²) in [5, 5.41) is 0.969. The Morgan fingerprint density at radius 2 is 2.00 bits per heavy atom. The van der Waals surface area contributed by atoms with Gasteiger partial charge >= 0.3 is 0 Å². The van der Waals surface area contributed by atoms with Crippen molar-refractivity contribution >= 4 is 50.0 Å². The first-order valence-corrected chi connectivity index (χ1v) is 12.1. The van der Waals surface area contributed by atoms with E-state index in [1.54, 1.807) is 24.3 Å². The normalized spacial score (nSPS) is 23.9. The van der Waals surface area contributed by atoms with Crippen molar-refractivity contribution in [1.29, 1.82) is 0 Å². The molecular weight excluding hydrogens is 432 g/mol. The third kappa shape index (κ3) is 4.60. The maximum atomic E-state index is 12.4. The number of rotatable bonds is 4. The minimum Gasteiger partial charge on any atom is -0.484 e. The van der Waals surface area contributed by atoms with Crippen molar-refractivity contribution in [1.82, 2.24) is 0 Å². The Morgan fingerprint density at radius 1 is 1.24 bits per heavy atom. The third-order valence-electron chi connectivity index (χ3n) is 4.74. The molecule has 9 heteroatoms. The number of fused-ring (bicyclic) bond motifs is 1. The molecule has 6 nitrogen and oxygen atoms in total. The molecule has 2 aromatic carbocycles. The zero-order valence-corrected chi connectivity index (χ0v) is 18.0. The molecule has 2 fully saturated rings. The molecule has 2 aromatic rings. The molecule has 0 spiro atoms. The number of hydrogen-bond acceptors (Lipinski definition) is 5. The topological polar surface area (TPSA) is 76.0 Å². The molecule has 0 unspecified atom stereocenters. The zero-order chi connectivity index (χ0) is 20.6. The molecule has 0 N–H and O–H groups in total. The van der Waals surface area contributed by atoms with Gasteiger partial charge in [0.15, 0.2) is 21.6 Å². The summed E-state index contributed by atoms with van der Waals surface area (Å²) in [7, 11) is -3.10. The van der Waals surface area contributed by atoms with E-state index in [9.17, 15) is 13.2 Å². The molecule has 0 bridgehead atoms. The summed E-state index contributed by atoms with van der Waals surface area (Å²) >= 11 is 7.19. The summed E-state index contributed by atoms with van der Waals surface area (Å²) in [6.45, 7) is 1.76. The van der Waals surface area contributed by atoms with Gasteiger partial charge in [0.05, 0.1) is 17.5 Å². The first kappa shape index (κ1) is 20.3. The van der Waals surface area contributed by atoms with Gasteiger partial charge in [0.2, 0.25) is 0 Å². The number of amidine groups is 1. The second kappa shape index (κ2) is 8.01. The molecule has 2 aliphatic rings. The van der Waals surface area contributed by atoms with Crippen LogP contribution >= 0.6 is 23.4 Å². The van der Waals surface area contributed by atoms with Crippen LogP contribution in [0.4, 0.5) is 5.69 Å². The maximum Gasteiger partial charge on any atom is 0.285 e. The molecule has 0 radical (unpaired) electrons. The van der Waals surface area contributed by atoms with Gasteiger partial charge in [-0.2, -0.15) is 4.99 Å². The van der Waals surface area contributed by atoms with Gasteiger partial charge in [0.25, 0.3) is 5.91 Å². The fraction of sp³-hybridized carbons (Fsp3) is 0.300. The number of sulfone groups is 1. The smallest absolute Gasteiger partial charge is 0.285 e. The minimum atomic E-state index is -3.10. The number of ether oxygens (including phenoxy) is 1. The Labute approximate surface area is 178 Å². The van der Waals surface area contributed by atoms with E-state index in [1.165, 1.54) is 11.8 Å². The molecular formula is C20H19ClN2O4S2. The first-order valence-electron chi connectivity index (χ1n) is 9.04. The predicted molar refractivity (Wildman–Crippen MR) is 117 cm³/mol. The van der Waals surface area contributed by atoms with Crippen molar-refractivity contribution < 1.29 is 17.9 Å². The van der Waals surface area contributed by atoms with Crippen LogP contribution in [-0.4, -0.2) is 48.9 Å². The van der Waals surface area contributed by atoms with E-state index in [1.807, 2.05) is 36.1 Å². The van der Waals surface area contributed by atoms with E-state index in [0.29, 0.717) is 15.9 Å². The van der Waals surface area contributed by atoms with E-state index >= 15 is 0 Å². The molecule has 2 atom stereocenters. The average Bonchev–Trinajstić information content (AvgIpc) is 3.12. The lowest BCUT2D eigenvalue weighted by molar-refractivity contribution is -0.119. The van der Waals surface area contributed by atoms with Crippen LogP contribution in [0.2, 0.25) is 5.02 Å². The van der Waals surface area contributed by atoms with Crippen LogP contribution in [0.1, 0.15) is 5.56 Å². The Hall–Kier alpha value is -2.03. The molecule has 152 valence electrons. The molecule has 1 amide bonds.